The van der Waals surface area contributed by atoms with E-state index in [4.69, 9.17) is 13.3 Å². The van der Waals surface area contributed by atoms with Crippen LogP contribution in [-0.2, 0) is 6.42 Å². The van der Waals surface area contributed by atoms with Crippen molar-refractivity contribution in [3.63, 3.8) is 0 Å². The van der Waals surface area contributed by atoms with Crippen LogP contribution in [0.15, 0.2) is 135 Å². The van der Waals surface area contributed by atoms with Crippen molar-refractivity contribution in [2.45, 2.75) is 12.8 Å². The molecule has 10 aromatic rings. The second kappa shape index (κ2) is 8.80. The van der Waals surface area contributed by atoms with Gasteiger partial charge in [-0.1, -0.05) is 60.7 Å². The van der Waals surface area contributed by atoms with Gasteiger partial charge in [-0.15, -0.1) is 0 Å². The lowest BCUT2D eigenvalue weighted by Gasteiger charge is -2.13. The Balaban J connectivity index is 1.10. The van der Waals surface area contributed by atoms with Crippen molar-refractivity contribution in [1.82, 2.24) is 4.57 Å². The van der Waals surface area contributed by atoms with Crippen LogP contribution in [0.3, 0.4) is 0 Å². The SMILES string of the molecule is C1=Cc2c(n(-c3ccc4oc5cc6oc7ccc(-c8ccc9oc%10ccccc%10c9c8)cc7c6cc5c4c3)c3ccccc23)CC1. The molecule has 0 saturated heterocycles. The molecule has 6 aromatic carbocycles. The largest absolute Gasteiger partial charge is 0.456 e. The number of hydrogen-bond donors (Lipinski definition) is 0. The van der Waals surface area contributed by atoms with Crippen LogP contribution in [0.5, 0.6) is 0 Å². The summed E-state index contributed by atoms with van der Waals surface area (Å²) in [6.45, 7) is 0. The van der Waals surface area contributed by atoms with Gasteiger partial charge in [0.25, 0.3) is 0 Å². The summed E-state index contributed by atoms with van der Waals surface area (Å²) in [4.78, 5) is 0. The van der Waals surface area contributed by atoms with Crippen LogP contribution in [0.2, 0.25) is 0 Å². The fraction of sp³-hybridized carbons (Fsp3) is 0.0476. The van der Waals surface area contributed by atoms with Crippen molar-refractivity contribution in [2.24, 2.45) is 0 Å². The van der Waals surface area contributed by atoms with Gasteiger partial charge in [-0.05, 0) is 84.6 Å². The third-order valence-corrected chi connectivity index (χ3v) is 9.86. The summed E-state index contributed by atoms with van der Waals surface area (Å²) in [5, 5.41) is 7.93. The first kappa shape index (κ1) is 24.3. The molecule has 216 valence electrons. The van der Waals surface area contributed by atoms with Crippen molar-refractivity contribution in [1.29, 1.82) is 0 Å². The molecule has 0 bridgehead atoms. The lowest BCUT2D eigenvalue weighted by molar-refractivity contribution is 0.656. The number of para-hydroxylation sites is 2. The van der Waals surface area contributed by atoms with E-state index in [-0.39, 0.29) is 0 Å². The number of fused-ring (bicyclic) bond motifs is 12. The topological polar surface area (TPSA) is 44.4 Å². The molecule has 0 amide bonds. The molecule has 11 rings (SSSR count). The Morgan fingerprint density at radius 2 is 1.04 bits per heavy atom. The molecule has 0 aliphatic heterocycles. The highest BCUT2D eigenvalue weighted by molar-refractivity contribution is 6.16. The predicted octanol–water partition coefficient (Wildman–Crippen LogP) is 12.0. The summed E-state index contributed by atoms with van der Waals surface area (Å²) in [5.41, 5.74) is 12.6. The maximum atomic E-state index is 6.40. The maximum absolute atomic E-state index is 6.40. The molecular formula is C42H25NO3. The Labute approximate surface area is 262 Å². The Kier molecular flexibility index (Phi) is 4.66. The van der Waals surface area contributed by atoms with Gasteiger partial charge in [0.05, 0.1) is 5.52 Å². The average molecular weight is 592 g/mol. The normalized spacial score (nSPS) is 13.4. The van der Waals surface area contributed by atoms with Crippen LogP contribution in [-0.4, -0.2) is 4.57 Å². The smallest absolute Gasteiger partial charge is 0.139 e. The van der Waals surface area contributed by atoms with Gasteiger partial charge >= 0.3 is 0 Å². The minimum atomic E-state index is 0.826. The third-order valence-electron chi connectivity index (χ3n) is 9.86. The monoisotopic (exact) mass is 591 g/mol. The summed E-state index contributed by atoms with van der Waals surface area (Å²) in [5.74, 6) is 0. The van der Waals surface area contributed by atoms with Crippen LogP contribution in [0.4, 0.5) is 0 Å². The van der Waals surface area contributed by atoms with E-state index in [0.29, 0.717) is 0 Å². The molecule has 1 aliphatic rings. The highest BCUT2D eigenvalue weighted by Gasteiger charge is 2.20. The molecule has 46 heavy (non-hydrogen) atoms. The molecular weight excluding hydrogens is 566 g/mol. The lowest BCUT2D eigenvalue weighted by Crippen LogP contribution is -2.02. The van der Waals surface area contributed by atoms with Crippen LogP contribution in [0.25, 0.3) is 99.6 Å². The van der Waals surface area contributed by atoms with E-state index in [0.717, 1.165) is 95.5 Å². The zero-order valence-electron chi connectivity index (χ0n) is 24.7. The Bertz CT molecular complexity index is 2920. The van der Waals surface area contributed by atoms with E-state index >= 15 is 0 Å². The van der Waals surface area contributed by atoms with Gasteiger partial charge in [0.1, 0.15) is 33.5 Å². The van der Waals surface area contributed by atoms with E-state index in [1.165, 1.54) is 22.2 Å². The summed E-state index contributed by atoms with van der Waals surface area (Å²) < 4.78 is 21.3. The van der Waals surface area contributed by atoms with Crippen molar-refractivity contribution < 1.29 is 13.3 Å². The highest BCUT2D eigenvalue weighted by Crippen LogP contribution is 2.41. The van der Waals surface area contributed by atoms with E-state index in [1.807, 2.05) is 18.2 Å². The lowest BCUT2D eigenvalue weighted by atomic mass is 10.00. The average Bonchev–Trinajstić information content (AvgIpc) is 3.85. The van der Waals surface area contributed by atoms with Crippen molar-refractivity contribution in [3.8, 4) is 16.8 Å². The number of aromatic nitrogens is 1. The maximum Gasteiger partial charge on any atom is 0.139 e. The van der Waals surface area contributed by atoms with Crippen molar-refractivity contribution >= 4 is 82.8 Å². The van der Waals surface area contributed by atoms with Gasteiger partial charge in [-0.25, -0.2) is 0 Å². The van der Waals surface area contributed by atoms with E-state index < -0.39 is 0 Å². The zero-order chi connectivity index (χ0) is 29.9. The van der Waals surface area contributed by atoms with Crippen molar-refractivity contribution in [3.05, 3.63) is 133 Å². The Morgan fingerprint density at radius 1 is 0.457 bits per heavy atom. The quantitative estimate of drug-likeness (QED) is 0.201. The van der Waals surface area contributed by atoms with Crippen LogP contribution in [0.1, 0.15) is 17.7 Å². The Hall–Kier alpha value is -6.00. The first-order chi connectivity index (χ1) is 22.8. The molecule has 4 heteroatoms. The minimum Gasteiger partial charge on any atom is -0.456 e. The molecule has 4 aromatic heterocycles. The number of allylic oxidation sites excluding steroid dienone is 1. The fourth-order valence-electron chi connectivity index (χ4n) is 7.73. The molecule has 0 fully saturated rings. The molecule has 1 aliphatic carbocycles. The number of rotatable bonds is 2. The van der Waals surface area contributed by atoms with Crippen LogP contribution in [0, 0.1) is 0 Å². The molecule has 4 heterocycles. The summed E-state index contributed by atoms with van der Waals surface area (Å²) in [6, 6.07) is 40.7. The molecule has 0 N–H and O–H groups in total. The van der Waals surface area contributed by atoms with Gasteiger partial charge in [-0.2, -0.15) is 0 Å². The predicted molar refractivity (Wildman–Crippen MR) is 188 cm³/mol. The molecule has 0 radical (unpaired) electrons. The summed E-state index contributed by atoms with van der Waals surface area (Å²) in [6.07, 6.45) is 6.65. The second-order valence-electron chi connectivity index (χ2n) is 12.4. The summed E-state index contributed by atoms with van der Waals surface area (Å²) in [7, 11) is 0. The van der Waals surface area contributed by atoms with E-state index in [9.17, 15) is 0 Å². The van der Waals surface area contributed by atoms with Gasteiger partial charge in [0.15, 0.2) is 0 Å². The first-order valence-electron chi connectivity index (χ1n) is 15.8. The molecule has 0 atom stereocenters. The Morgan fingerprint density at radius 3 is 1.83 bits per heavy atom. The number of benzene rings is 6. The molecule has 0 spiro atoms. The fourth-order valence-corrected chi connectivity index (χ4v) is 7.73. The number of furan rings is 3. The van der Waals surface area contributed by atoms with Crippen LogP contribution >= 0.6 is 0 Å². The van der Waals surface area contributed by atoms with Crippen LogP contribution < -0.4 is 0 Å². The highest BCUT2D eigenvalue weighted by atomic mass is 16.3. The molecule has 4 nitrogen and oxygen atoms in total. The van der Waals surface area contributed by atoms with E-state index in [2.05, 4.69) is 114 Å². The van der Waals surface area contributed by atoms with Gasteiger partial charge in [0, 0.05) is 60.7 Å². The zero-order valence-corrected chi connectivity index (χ0v) is 24.7. The minimum absolute atomic E-state index is 0.826. The molecule has 0 unspecified atom stereocenters. The third kappa shape index (κ3) is 3.28. The van der Waals surface area contributed by atoms with Gasteiger partial charge < -0.3 is 17.8 Å². The molecule has 0 saturated carbocycles. The van der Waals surface area contributed by atoms with Gasteiger partial charge in [0.2, 0.25) is 0 Å². The van der Waals surface area contributed by atoms with E-state index in [1.54, 1.807) is 0 Å². The summed E-state index contributed by atoms with van der Waals surface area (Å²) >= 11 is 0. The first-order valence-corrected chi connectivity index (χ1v) is 15.8. The van der Waals surface area contributed by atoms with Gasteiger partial charge in [-0.3, -0.25) is 0 Å². The second-order valence-corrected chi connectivity index (χ2v) is 12.4. The van der Waals surface area contributed by atoms with Crippen molar-refractivity contribution in [2.75, 3.05) is 0 Å². The standard InChI is InChI=1S/C42H25NO3/c1-4-10-35-27(7-1)28-8-2-5-11-36(28)43(35)26-15-18-40-32(21-26)34-22-33-31-20-25(14-17-39(31)45-41(33)23-42(34)46-40)24-13-16-38-30(19-24)29-9-3-6-12-37(29)44-38/h1-4,6-10,12-23H,5,11H2. The number of hydrogen-bond acceptors (Lipinski definition) is 3. The number of nitrogens with zero attached hydrogens (tertiary/aromatic N) is 1.